The van der Waals surface area contributed by atoms with Crippen molar-refractivity contribution in [2.24, 2.45) is 0 Å². The molecule has 0 aliphatic rings. The van der Waals surface area contributed by atoms with Gasteiger partial charge in [0.05, 0.1) is 24.9 Å². The van der Waals surface area contributed by atoms with E-state index in [2.05, 4.69) is 16.3 Å². The second kappa shape index (κ2) is 7.37. The highest BCUT2D eigenvalue weighted by Gasteiger charge is 2.20. The minimum Gasteiger partial charge on any atom is -0.496 e. The number of rotatable bonds is 5. The lowest BCUT2D eigenvalue weighted by Crippen LogP contribution is -2.23. The van der Waals surface area contributed by atoms with Crippen LogP contribution in [0, 0.1) is 12.3 Å². The van der Waals surface area contributed by atoms with E-state index in [-0.39, 0.29) is 12.5 Å². The fourth-order valence-electron chi connectivity index (χ4n) is 2.52. The predicted molar refractivity (Wildman–Crippen MR) is 96.7 cm³/mol. The fraction of sp³-hybridized carbons (Fsp3) is 0.100. The van der Waals surface area contributed by atoms with Crippen LogP contribution in [0.25, 0.3) is 16.9 Å². The van der Waals surface area contributed by atoms with Crippen LogP contribution in [-0.2, 0) is 0 Å². The van der Waals surface area contributed by atoms with Gasteiger partial charge in [-0.05, 0) is 24.3 Å². The van der Waals surface area contributed by atoms with Gasteiger partial charge in [-0.1, -0.05) is 36.3 Å². The maximum Gasteiger partial charge on any atom is 0.255 e. The van der Waals surface area contributed by atoms with Crippen LogP contribution in [0.3, 0.4) is 0 Å². The molecule has 0 saturated carbocycles. The molecule has 1 aromatic heterocycles. The number of carbonyl (C=O) groups is 1. The number of amides is 1. The number of hydrogen-bond acceptors (Lipinski definition) is 3. The number of hydrogen-bond donors (Lipinski definition) is 1. The third kappa shape index (κ3) is 3.38. The highest BCUT2D eigenvalue weighted by Crippen LogP contribution is 2.31. The third-order valence-electron chi connectivity index (χ3n) is 3.69. The first-order chi connectivity index (χ1) is 12.2. The molecule has 5 heteroatoms. The summed E-state index contributed by atoms with van der Waals surface area (Å²) in [6.07, 6.45) is 6.94. The van der Waals surface area contributed by atoms with Crippen molar-refractivity contribution in [1.29, 1.82) is 0 Å². The van der Waals surface area contributed by atoms with Crippen molar-refractivity contribution < 1.29 is 9.53 Å². The number of nitrogens with zero attached hydrogens (tertiary/aromatic N) is 2. The minimum atomic E-state index is -0.277. The molecule has 0 saturated heterocycles. The van der Waals surface area contributed by atoms with Gasteiger partial charge >= 0.3 is 0 Å². The van der Waals surface area contributed by atoms with Crippen LogP contribution >= 0.6 is 0 Å². The molecule has 25 heavy (non-hydrogen) atoms. The van der Waals surface area contributed by atoms with E-state index in [1.165, 1.54) is 0 Å². The molecule has 0 spiro atoms. The topological polar surface area (TPSA) is 56.2 Å². The Kier molecular flexibility index (Phi) is 4.82. The molecule has 0 aliphatic heterocycles. The second-order valence-corrected chi connectivity index (χ2v) is 5.26. The van der Waals surface area contributed by atoms with Crippen molar-refractivity contribution in [2.75, 3.05) is 13.7 Å². The highest BCUT2D eigenvalue weighted by molar-refractivity contribution is 6.00. The average Bonchev–Trinajstić information content (AvgIpc) is 3.12. The Morgan fingerprint density at radius 3 is 2.64 bits per heavy atom. The number of methoxy groups -OCH3 is 1. The van der Waals surface area contributed by atoms with E-state index in [0.717, 1.165) is 11.3 Å². The molecule has 0 radical (unpaired) electrons. The molecule has 0 fully saturated rings. The molecule has 3 rings (SSSR count). The molecule has 0 aliphatic carbocycles. The summed E-state index contributed by atoms with van der Waals surface area (Å²) >= 11 is 0. The van der Waals surface area contributed by atoms with Gasteiger partial charge in [-0.2, -0.15) is 5.10 Å². The van der Waals surface area contributed by atoms with Gasteiger partial charge in [0.2, 0.25) is 0 Å². The molecule has 0 atom stereocenters. The lowest BCUT2D eigenvalue weighted by Gasteiger charge is -2.07. The van der Waals surface area contributed by atoms with Crippen LogP contribution in [0.5, 0.6) is 5.75 Å². The van der Waals surface area contributed by atoms with E-state index in [4.69, 9.17) is 11.2 Å². The number of benzene rings is 2. The Morgan fingerprint density at radius 1 is 1.20 bits per heavy atom. The summed E-state index contributed by atoms with van der Waals surface area (Å²) in [7, 11) is 1.59. The summed E-state index contributed by atoms with van der Waals surface area (Å²) in [6, 6.07) is 17.0. The normalized spacial score (nSPS) is 10.1. The van der Waals surface area contributed by atoms with E-state index in [9.17, 15) is 4.79 Å². The molecule has 1 amide bonds. The molecule has 1 N–H and O–H groups in total. The highest BCUT2D eigenvalue weighted by atomic mass is 16.5. The zero-order valence-electron chi connectivity index (χ0n) is 13.8. The monoisotopic (exact) mass is 331 g/mol. The molecule has 1 heterocycles. The molecule has 124 valence electrons. The summed E-state index contributed by atoms with van der Waals surface area (Å²) in [4.78, 5) is 12.5. The number of terminal acetylenes is 1. The molecule has 5 nitrogen and oxygen atoms in total. The number of para-hydroxylation sites is 2. The maximum atomic E-state index is 12.5. The van der Waals surface area contributed by atoms with Crippen LogP contribution in [0.1, 0.15) is 10.4 Å². The van der Waals surface area contributed by atoms with E-state index >= 15 is 0 Å². The van der Waals surface area contributed by atoms with Gasteiger partial charge in [-0.3, -0.25) is 4.79 Å². The summed E-state index contributed by atoms with van der Waals surface area (Å²) in [5, 5.41) is 7.30. The average molecular weight is 331 g/mol. The SMILES string of the molecule is C#CCNC(=O)c1cn(-c2ccccc2)nc1-c1ccccc1OC. The van der Waals surface area contributed by atoms with Gasteiger partial charge in [-0.15, -0.1) is 6.42 Å². The van der Waals surface area contributed by atoms with Crippen molar-refractivity contribution in [3.63, 3.8) is 0 Å². The van der Waals surface area contributed by atoms with Crippen LogP contribution in [-0.4, -0.2) is 29.3 Å². The number of aromatic nitrogens is 2. The number of carbonyl (C=O) groups excluding carboxylic acids is 1. The Bertz CT molecular complexity index is 924. The first kappa shape index (κ1) is 16.3. The summed E-state index contributed by atoms with van der Waals surface area (Å²) < 4.78 is 7.09. The van der Waals surface area contributed by atoms with Crippen molar-refractivity contribution in [2.45, 2.75) is 0 Å². The number of nitrogens with one attached hydrogen (secondary N) is 1. The van der Waals surface area contributed by atoms with Crippen LogP contribution in [0.4, 0.5) is 0 Å². The quantitative estimate of drug-likeness (QED) is 0.732. The van der Waals surface area contributed by atoms with Gasteiger partial charge in [0, 0.05) is 11.8 Å². The molecule has 0 unspecified atom stereocenters. The van der Waals surface area contributed by atoms with E-state index < -0.39 is 0 Å². The van der Waals surface area contributed by atoms with Crippen molar-refractivity contribution in [1.82, 2.24) is 15.1 Å². The number of ether oxygens (including phenoxy) is 1. The molecule has 0 bridgehead atoms. The van der Waals surface area contributed by atoms with Gasteiger partial charge in [0.1, 0.15) is 11.4 Å². The largest absolute Gasteiger partial charge is 0.496 e. The Morgan fingerprint density at radius 2 is 1.92 bits per heavy atom. The van der Waals surface area contributed by atoms with Gasteiger partial charge < -0.3 is 10.1 Å². The first-order valence-corrected chi connectivity index (χ1v) is 7.74. The first-order valence-electron chi connectivity index (χ1n) is 7.74. The zero-order chi connectivity index (χ0) is 17.6. The van der Waals surface area contributed by atoms with E-state index in [1.54, 1.807) is 18.0 Å². The summed E-state index contributed by atoms with van der Waals surface area (Å²) in [5.41, 5.74) is 2.57. The maximum absolute atomic E-state index is 12.5. The van der Waals surface area contributed by atoms with Crippen molar-refractivity contribution >= 4 is 5.91 Å². The molecule has 3 aromatic rings. The van der Waals surface area contributed by atoms with Gasteiger partial charge in [0.25, 0.3) is 5.91 Å². The Hall–Kier alpha value is -3.52. The van der Waals surface area contributed by atoms with E-state index in [1.807, 2.05) is 54.6 Å². The fourth-order valence-corrected chi connectivity index (χ4v) is 2.52. The van der Waals surface area contributed by atoms with Gasteiger partial charge in [-0.25, -0.2) is 4.68 Å². The van der Waals surface area contributed by atoms with Crippen LogP contribution in [0.15, 0.2) is 60.8 Å². The van der Waals surface area contributed by atoms with Crippen LogP contribution in [0.2, 0.25) is 0 Å². The van der Waals surface area contributed by atoms with Crippen molar-refractivity contribution in [3.8, 4) is 35.0 Å². The molecular weight excluding hydrogens is 314 g/mol. The zero-order valence-corrected chi connectivity index (χ0v) is 13.8. The minimum absolute atomic E-state index is 0.153. The second-order valence-electron chi connectivity index (χ2n) is 5.26. The Labute approximate surface area is 146 Å². The lowest BCUT2D eigenvalue weighted by atomic mass is 10.1. The van der Waals surface area contributed by atoms with Gasteiger partial charge in [0.15, 0.2) is 0 Å². The predicted octanol–water partition coefficient (Wildman–Crippen LogP) is 2.91. The van der Waals surface area contributed by atoms with Crippen LogP contribution < -0.4 is 10.1 Å². The summed E-state index contributed by atoms with van der Waals surface area (Å²) in [6.45, 7) is 0.153. The summed E-state index contributed by atoms with van der Waals surface area (Å²) in [5.74, 6) is 2.77. The van der Waals surface area contributed by atoms with Crippen molar-refractivity contribution in [3.05, 3.63) is 66.4 Å². The Balaban J connectivity index is 2.13. The molecular formula is C20H17N3O2. The third-order valence-corrected chi connectivity index (χ3v) is 3.69. The van der Waals surface area contributed by atoms with E-state index in [0.29, 0.717) is 17.0 Å². The lowest BCUT2D eigenvalue weighted by molar-refractivity contribution is 0.0959. The molecule has 2 aromatic carbocycles. The smallest absolute Gasteiger partial charge is 0.255 e. The standard InChI is InChI=1S/C20H17N3O2/c1-3-13-21-20(24)17-14-23(15-9-5-4-6-10-15)22-19(17)16-11-7-8-12-18(16)25-2/h1,4-12,14H,13H2,2H3,(H,21,24).